The highest BCUT2D eigenvalue weighted by Gasteiger charge is 2.25. The number of primary amides is 1. The van der Waals surface area contributed by atoms with Gasteiger partial charge < -0.3 is 15.4 Å². The highest BCUT2D eigenvalue weighted by atomic mass is 16.6. The number of carbonyl (C=O) groups excluding carboxylic acids is 2. The van der Waals surface area contributed by atoms with E-state index in [4.69, 9.17) is 10.5 Å². The summed E-state index contributed by atoms with van der Waals surface area (Å²) in [6, 6.07) is 21.3. The molecule has 5 nitrogen and oxygen atoms in total. The number of fused-ring (bicyclic) bond motifs is 1. The highest BCUT2D eigenvalue weighted by molar-refractivity contribution is 6.09. The smallest absolute Gasteiger partial charge is 0.409 e. The van der Waals surface area contributed by atoms with Crippen LogP contribution in [0.2, 0.25) is 0 Å². The van der Waals surface area contributed by atoms with Crippen molar-refractivity contribution in [2.45, 2.75) is 19.3 Å². The molecule has 4 rings (SSSR count). The molecule has 0 unspecified atom stereocenters. The average Bonchev–Trinajstić information content (AvgIpc) is 2.74. The number of likely N-dealkylation sites (tertiary alicyclic amines) is 1. The lowest BCUT2D eigenvalue weighted by atomic mass is 9.90. The number of rotatable bonds is 4. The van der Waals surface area contributed by atoms with Crippen molar-refractivity contribution in [1.82, 2.24) is 4.90 Å². The van der Waals surface area contributed by atoms with Gasteiger partial charge in [-0.15, -0.1) is 0 Å². The molecule has 0 bridgehead atoms. The normalized spacial score (nSPS) is 14.7. The van der Waals surface area contributed by atoms with Crippen LogP contribution in [0.15, 0.2) is 66.7 Å². The Hall–Kier alpha value is -3.34. The lowest BCUT2D eigenvalue weighted by Crippen LogP contribution is -2.40. The van der Waals surface area contributed by atoms with Gasteiger partial charge in [0.2, 0.25) is 0 Å². The molecule has 1 heterocycles. The van der Waals surface area contributed by atoms with Gasteiger partial charge in [-0.1, -0.05) is 60.7 Å². The first-order chi connectivity index (χ1) is 14.1. The summed E-state index contributed by atoms with van der Waals surface area (Å²) in [5.74, 6) is 0.169. The molecule has 0 spiro atoms. The second-order valence-corrected chi connectivity index (χ2v) is 7.51. The molecule has 1 aliphatic rings. The molecular formula is C24H24N2O3. The van der Waals surface area contributed by atoms with Crippen molar-refractivity contribution in [1.29, 1.82) is 0 Å². The highest BCUT2D eigenvalue weighted by Crippen LogP contribution is 2.29. The van der Waals surface area contributed by atoms with Gasteiger partial charge in [-0.3, -0.25) is 4.79 Å². The zero-order valence-corrected chi connectivity index (χ0v) is 16.2. The molecule has 2 N–H and O–H groups in total. The first-order valence-corrected chi connectivity index (χ1v) is 9.94. The molecule has 0 atom stereocenters. The third-order valence-corrected chi connectivity index (χ3v) is 5.57. The van der Waals surface area contributed by atoms with Crippen molar-refractivity contribution in [2.24, 2.45) is 11.7 Å². The molecule has 1 saturated heterocycles. The third kappa shape index (κ3) is 4.24. The second-order valence-electron chi connectivity index (χ2n) is 7.51. The quantitative estimate of drug-likeness (QED) is 0.720. The molecule has 148 valence electrons. The van der Waals surface area contributed by atoms with Gasteiger partial charge in [-0.25, -0.2) is 4.79 Å². The van der Waals surface area contributed by atoms with Gasteiger partial charge in [-0.05, 0) is 47.6 Å². The van der Waals surface area contributed by atoms with Crippen LogP contribution in [0.3, 0.4) is 0 Å². The van der Waals surface area contributed by atoms with Crippen LogP contribution in [0, 0.1) is 5.92 Å². The topological polar surface area (TPSA) is 72.6 Å². The summed E-state index contributed by atoms with van der Waals surface area (Å²) in [4.78, 5) is 26.4. The predicted molar refractivity (Wildman–Crippen MR) is 113 cm³/mol. The Morgan fingerprint density at radius 3 is 2.34 bits per heavy atom. The largest absolute Gasteiger partial charge is 0.415 e. The maximum atomic E-state index is 12.7. The lowest BCUT2D eigenvalue weighted by Gasteiger charge is -2.31. The second kappa shape index (κ2) is 8.35. The number of benzene rings is 3. The molecule has 2 amide bonds. The van der Waals surface area contributed by atoms with Crippen LogP contribution >= 0.6 is 0 Å². The molecule has 1 aliphatic heterocycles. The summed E-state index contributed by atoms with van der Waals surface area (Å²) < 4.78 is 5.59. The number of amides is 2. The molecule has 0 radical (unpaired) electrons. The molecule has 29 heavy (non-hydrogen) atoms. The van der Waals surface area contributed by atoms with Gasteiger partial charge in [-0.2, -0.15) is 0 Å². The minimum absolute atomic E-state index is 0.215. The molecular weight excluding hydrogens is 364 g/mol. The number of hydrogen-bond acceptors (Lipinski definition) is 3. The standard InChI is InChI=1S/C24H24N2O3/c25-23(27)22-20-9-5-4-8-19(20)10-11-21(22)29-24(28)26-14-12-18(13-15-26)16-17-6-2-1-3-7-17/h1-11,18H,12-16H2,(H2,25,27). The first kappa shape index (κ1) is 19.0. The number of nitrogens with two attached hydrogens (primary N) is 1. The van der Waals surface area contributed by atoms with E-state index in [1.54, 1.807) is 11.0 Å². The molecule has 0 saturated carbocycles. The minimum Gasteiger partial charge on any atom is -0.409 e. The third-order valence-electron chi connectivity index (χ3n) is 5.57. The molecule has 0 aromatic heterocycles. The summed E-state index contributed by atoms with van der Waals surface area (Å²) in [6.45, 7) is 1.30. The van der Waals surface area contributed by atoms with Crippen molar-refractivity contribution in [3.63, 3.8) is 0 Å². The van der Waals surface area contributed by atoms with Crippen molar-refractivity contribution < 1.29 is 14.3 Å². The zero-order valence-electron chi connectivity index (χ0n) is 16.2. The van der Waals surface area contributed by atoms with Crippen LogP contribution in [-0.4, -0.2) is 30.0 Å². The molecule has 3 aromatic rings. The maximum Gasteiger partial charge on any atom is 0.415 e. The van der Waals surface area contributed by atoms with E-state index in [1.165, 1.54) is 5.56 Å². The van der Waals surface area contributed by atoms with Crippen molar-refractivity contribution in [3.8, 4) is 5.75 Å². The SMILES string of the molecule is NC(=O)c1c(OC(=O)N2CCC(Cc3ccccc3)CC2)ccc2ccccc12. The van der Waals surface area contributed by atoms with Crippen molar-refractivity contribution in [3.05, 3.63) is 77.9 Å². The van der Waals surface area contributed by atoms with Gasteiger partial charge in [0.25, 0.3) is 5.91 Å². The summed E-state index contributed by atoms with van der Waals surface area (Å²) >= 11 is 0. The molecule has 1 fully saturated rings. The van der Waals surface area contributed by atoms with E-state index in [0.717, 1.165) is 24.6 Å². The number of piperidine rings is 1. The zero-order chi connectivity index (χ0) is 20.2. The summed E-state index contributed by atoms with van der Waals surface area (Å²) in [5, 5.41) is 1.56. The van der Waals surface area contributed by atoms with Gasteiger partial charge in [0.05, 0.1) is 5.56 Å². The molecule has 3 aromatic carbocycles. The Morgan fingerprint density at radius 2 is 1.62 bits per heavy atom. The minimum atomic E-state index is -0.605. The summed E-state index contributed by atoms with van der Waals surface area (Å²) in [5.41, 5.74) is 7.16. The van der Waals surface area contributed by atoms with E-state index in [1.807, 2.05) is 36.4 Å². The fourth-order valence-corrected chi connectivity index (χ4v) is 4.02. The number of ether oxygens (including phenoxy) is 1. The Labute approximate surface area is 170 Å². The van der Waals surface area contributed by atoms with Gasteiger partial charge in [0.1, 0.15) is 5.75 Å². The monoisotopic (exact) mass is 388 g/mol. The Kier molecular flexibility index (Phi) is 5.47. The van der Waals surface area contributed by atoms with Crippen LogP contribution < -0.4 is 10.5 Å². The van der Waals surface area contributed by atoms with E-state index in [-0.39, 0.29) is 11.3 Å². The van der Waals surface area contributed by atoms with Gasteiger partial charge >= 0.3 is 6.09 Å². The van der Waals surface area contributed by atoms with Crippen LogP contribution in [0.4, 0.5) is 4.79 Å². The summed E-state index contributed by atoms with van der Waals surface area (Å²) in [6.07, 6.45) is 2.47. The Morgan fingerprint density at radius 1 is 0.931 bits per heavy atom. The van der Waals surface area contributed by atoms with E-state index < -0.39 is 12.0 Å². The number of hydrogen-bond donors (Lipinski definition) is 1. The van der Waals surface area contributed by atoms with E-state index in [9.17, 15) is 9.59 Å². The van der Waals surface area contributed by atoms with Crippen LogP contribution in [0.1, 0.15) is 28.8 Å². The maximum absolute atomic E-state index is 12.7. The van der Waals surface area contributed by atoms with E-state index in [2.05, 4.69) is 24.3 Å². The van der Waals surface area contributed by atoms with Crippen LogP contribution in [0.5, 0.6) is 5.75 Å². The van der Waals surface area contributed by atoms with Crippen molar-refractivity contribution >= 4 is 22.8 Å². The lowest BCUT2D eigenvalue weighted by molar-refractivity contribution is 0.0997. The van der Waals surface area contributed by atoms with Crippen LogP contribution in [-0.2, 0) is 6.42 Å². The average molecular weight is 388 g/mol. The number of carbonyl (C=O) groups is 2. The first-order valence-electron chi connectivity index (χ1n) is 9.94. The van der Waals surface area contributed by atoms with E-state index >= 15 is 0 Å². The van der Waals surface area contributed by atoms with E-state index in [0.29, 0.717) is 24.4 Å². The Bertz CT molecular complexity index is 1020. The predicted octanol–water partition coefficient (Wildman–Crippen LogP) is 4.39. The Balaban J connectivity index is 1.43. The number of nitrogens with zero attached hydrogens (tertiary/aromatic N) is 1. The van der Waals surface area contributed by atoms with Gasteiger partial charge in [0, 0.05) is 13.1 Å². The molecule has 0 aliphatic carbocycles. The fourth-order valence-electron chi connectivity index (χ4n) is 4.02. The fraction of sp³-hybridized carbons (Fsp3) is 0.250. The van der Waals surface area contributed by atoms with Crippen LogP contribution in [0.25, 0.3) is 10.8 Å². The summed E-state index contributed by atoms with van der Waals surface area (Å²) in [7, 11) is 0. The van der Waals surface area contributed by atoms with Gasteiger partial charge in [0.15, 0.2) is 0 Å². The van der Waals surface area contributed by atoms with Crippen molar-refractivity contribution in [2.75, 3.05) is 13.1 Å². The molecule has 5 heteroatoms.